The van der Waals surface area contributed by atoms with E-state index in [9.17, 15) is 4.79 Å². The first-order valence-electron chi connectivity index (χ1n) is 3.36. The van der Waals surface area contributed by atoms with Crippen molar-refractivity contribution in [3.05, 3.63) is 10.4 Å². The molecule has 11 heavy (non-hydrogen) atoms. The predicted molar refractivity (Wildman–Crippen MR) is 38.1 cm³/mol. The van der Waals surface area contributed by atoms with Gasteiger partial charge in [-0.05, 0) is 11.6 Å². The first-order chi connectivity index (χ1) is 5.25. The molecule has 1 saturated heterocycles. The Balaban J connectivity index is 2.64. The zero-order valence-corrected chi connectivity index (χ0v) is 5.97. The second-order valence-corrected chi connectivity index (χ2v) is 2.40. The first kappa shape index (κ1) is 7.68. The molecule has 0 radical (unpaired) electrons. The summed E-state index contributed by atoms with van der Waals surface area (Å²) in [4.78, 5) is 13.3. The van der Waals surface area contributed by atoms with Crippen molar-refractivity contribution in [2.75, 3.05) is 6.54 Å². The Morgan fingerprint density at radius 2 is 2.55 bits per heavy atom. The van der Waals surface area contributed by atoms with Crippen LogP contribution in [-0.2, 0) is 4.79 Å². The molecule has 0 spiro atoms. The number of carbonyl (C=O) groups excluding carboxylic acids is 1. The Morgan fingerprint density at radius 3 is 3.09 bits per heavy atom. The van der Waals surface area contributed by atoms with Crippen LogP contribution < -0.4 is 5.73 Å². The van der Waals surface area contributed by atoms with Gasteiger partial charge in [-0.1, -0.05) is 0 Å². The zero-order valence-electron chi connectivity index (χ0n) is 5.97. The van der Waals surface area contributed by atoms with Gasteiger partial charge in [-0.3, -0.25) is 4.79 Å². The van der Waals surface area contributed by atoms with E-state index in [4.69, 9.17) is 11.3 Å². The van der Waals surface area contributed by atoms with Crippen LogP contribution in [0.3, 0.4) is 0 Å². The summed E-state index contributed by atoms with van der Waals surface area (Å²) >= 11 is 0. The van der Waals surface area contributed by atoms with Gasteiger partial charge in [0.2, 0.25) is 0 Å². The molecule has 1 heterocycles. The van der Waals surface area contributed by atoms with Crippen LogP contribution in [0, 0.1) is 0 Å². The van der Waals surface area contributed by atoms with Crippen LogP contribution in [0.5, 0.6) is 0 Å². The van der Waals surface area contributed by atoms with Crippen LogP contribution in [0.2, 0.25) is 0 Å². The van der Waals surface area contributed by atoms with E-state index in [1.54, 1.807) is 0 Å². The van der Waals surface area contributed by atoms with Gasteiger partial charge in [0.05, 0.1) is 6.54 Å². The Labute approximate surface area is 63.6 Å². The van der Waals surface area contributed by atoms with Crippen LogP contribution in [0.4, 0.5) is 0 Å². The molecule has 0 aromatic carbocycles. The van der Waals surface area contributed by atoms with Gasteiger partial charge in [-0.25, -0.2) is 5.01 Å². The van der Waals surface area contributed by atoms with Gasteiger partial charge >= 0.3 is 0 Å². The van der Waals surface area contributed by atoms with Crippen LogP contribution >= 0.6 is 0 Å². The normalized spacial score (nSPS) is 22.9. The maximum Gasteiger partial charge on any atom is 0.262 e. The maximum absolute atomic E-state index is 10.7. The van der Waals surface area contributed by atoms with Crippen LogP contribution in [0.15, 0.2) is 5.22 Å². The highest BCUT2D eigenvalue weighted by molar-refractivity contribution is 5.80. The SMILES string of the molecule is [N-]=[N+]=NN1CCC[C@H]1C(N)=O. The second-order valence-electron chi connectivity index (χ2n) is 2.40. The number of amides is 1. The van der Waals surface area contributed by atoms with Gasteiger partial charge in [-0.15, -0.1) is 5.53 Å². The van der Waals surface area contributed by atoms with E-state index in [0.717, 1.165) is 6.42 Å². The van der Waals surface area contributed by atoms with Crippen molar-refractivity contribution in [2.24, 2.45) is 11.0 Å². The molecule has 0 aliphatic carbocycles. The lowest BCUT2D eigenvalue weighted by Gasteiger charge is -2.11. The highest BCUT2D eigenvalue weighted by Gasteiger charge is 2.31. The molecule has 6 nitrogen and oxygen atoms in total. The summed E-state index contributed by atoms with van der Waals surface area (Å²) in [5, 5.41) is 4.73. The molecule has 2 N–H and O–H groups in total. The average Bonchev–Trinajstić information content (AvgIpc) is 2.36. The Hall–Kier alpha value is -1.42. The van der Waals surface area contributed by atoms with E-state index in [0.29, 0.717) is 13.0 Å². The third kappa shape index (κ3) is 1.53. The maximum atomic E-state index is 10.7. The molecule has 1 aliphatic rings. The van der Waals surface area contributed by atoms with E-state index in [-0.39, 0.29) is 0 Å². The third-order valence-electron chi connectivity index (χ3n) is 1.71. The molecular weight excluding hydrogens is 146 g/mol. The van der Waals surface area contributed by atoms with Gasteiger partial charge in [0.15, 0.2) is 6.04 Å². The molecule has 6 heteroatoms. The molecule has 0 saturated carbocycles. The van der Waals surface area contributed by atoms with E-state index < -0.39 is 11.9 Å². The monoisotopic (exact) mass is 155 g/mol. The van der Waals surface area contributed by atoms with Crippen molar-refractivity contribution in [1.82, 2.24) is 5.01 Å². The van der Waals surface area contributed by atoms with Crippen LogP contribution in [-0.4, -0.2) is 23.5 Å². The highest BCUT2D eigenvalue weighted by atomic mass is 16.1. The molecular formula is C5H9N5O. The summed E-state index contributed by atoms with van der Waals surface area (Å²) in [5.74, 6) is -0.421. The average molecular weight is 155 g/mol. The summed E-state index contributed by atoms with van der Waals surface area (Å²) in [5.41, 5.74) is 13.1. The standard InChI is InChI=1S/C5H9N5O/c6-5(11)4-2-1-3-10(4)9-8-7/h4H,1-3H2,(H2,6,11)/t4-/m0/s1. The fraction of sp³-hybridized carbons (Fsp3) is 0.800. The van der Waals surface area contributed by atoms with E-state index >= 15 is 0 Å². The van der Waals surface area contributed by atoms with Crippen LogP contribution in [0.25, 0.3) is 10.4 Å². The predicted octanol–water partition coefficient (Wildman–Crippen LogP) is 0.161. The summed E-state index contributed by atoms with van der Waals surface area (Å²) in [6.45, 7) is 0.623. The van der Waals surface area contributed by atoms with Gasteiger partial charge in [0, 0.05) is 6.42 Å². The van der Waals surface area contributed by atoms with Gasteiger partial charge in [0.25, 0.3) is 5.91 Å². The number of hydrogen-bond acceptors (Lipinski definition) is 2. The molecule has 1 atom stereocenters. The van der Waals surface area contributed by atoms with Gasteiger partial charge in [0.1, 0.15) is 0 Å². The molecule has 1 aliphatic heterocycles. The lowest BCUT2D eigenvalue weighted by atomic mass is 10.2. The molecule has 1 rings (SSSR count). The van der Waals surface area contributed by atoms with E-state index in [1.807, 2.05) is 0 Å². The molecule has 0 aromatic rings. The second kappa shape index (κ2) is 3.12. The van der Waals surface area contributed by atoms with Crippen molar-refractivity contribution in [3.63, 3.8) is 0 Å². The minimum atomic E-state index is -0.421. The zero-order chi connectivity index (χ0) is 8.27. The van der Waals surface area contributed by atoms with Gasteiger partial charge < -0.3 is 5.73 Å². The smallest absolute Gasteiger partial charge is 0.262 e. The molecule has 60 valence electrons. The number of nitrogens with zero attached hydrogens (tertiary/aromatic N) is 4. The summed E-state index contributed by atoms with van der Waals surface area (Å²) in [7, 11) is 0. The highest BCUT2D eigenvalue weighted by Crippen LogP contribution is 2.16. The summed E-state index contributed by atoms with van der Waals surface area (Å²) < 4.78 is 0. The number of nitrogens with two attached hydrogens (primary N) is 1. The largest absolute Gasteiger partial charge is 0.366 e. The van der Waals surface area contributed by atoms with Crippen molar-refractivity contribution < 1.29 is 4.79 Å². The number of carbonyl (C=O) groups is 1. The number of hydrogen-bond donors (Lipinski definition) is 1. The van der Waals surface area contributed by atoms with Crippen molar-refractivity contribution in [2.45, 2.75) is 18.9 Å². The van der Waals surface area contributed by atoms with E-state index in [1.165, 1.54) is 5.01 Å². The minimum absolute atomic E-state index is 0.397. The summed E-state index contributed by atoms with van der Waals surface area (Å²) in [6.07, 6.45) is 1.54. The number of primary amides is 1. The molecule has 0 bridgehead atoms. The lowest BCUT2D eigenvalue weighted by molar-refractivity contribution is -0.122. The number of azide groups is 1. The minimum Gasteiger partial charge on any atom is -0.366 e. The molecule has 0 aromatic heterocycles. The fourth-order valence-electron chi connectivity index (χ4n) is 1.20. The summed E-state index contributed by atoms with van der Waals surface area (Å²) in [6, 6.07) is -0.397. The van der Waals surface area contributed by atoms with Crippen LogP contribution in [0.1, 0.15) is 12.8 Å². The number of rotatable bonds is 2. The van der Waals surface area contributed by atoms with Crippen molar-refractivity contribution in [1.29, 1.82) is 0 Å². The quantitative estimate of drug-likeness (QED) is 0.349. The Bertz CT molecular complexity index is 201. The molecule has 1 amide bonds. The fourth-order valence-corrected chi connectivity index (χ4v) is 1.20. The third-order valence-corrected chi connectivity index (χ3v) is 1.71. The topological polar surface area (TPSA) is 95.1 Å². The van der Waals surface area contributed by atoms with Gasteiger partial charge in [-0.2, -0.15) is 4.91 Å². The molecule has 0 unspecified atom stereocenters. The first-order valence-corrected chi connectivity index (χ1v) is 3.36. The molecule has 1 fully saturated rings. The lowest BCUT2D eigenvalue weighted by Crippen LogP contribution is -2.36. The Kier molecular flexibility index (Phi) is 2.18. The van der Waals surface area contributed by atoms with Crippen molar-refractivity contribution in [3.8, 4) is 0 Å². The Morgan fingerprint density at radius 1 is 1.82 bits per heavy atom. The van der Waals surface area contributed by atoms with E-state index in [2.05, 4.69) is 10.1 Å². The van der Waals surface area contributed by atoms with Crippen molar-refractivity contribution >= 4 is 5.91 Å².